The molecule has 0 saturated carbocycles. The normalized spacial score (nSPS) is 16.2. The molecular weight excluding hydrogens is 319 g/mol. The minimum atomic E-state index is -0.468. The maximum absolute atomic E-state index is 10.7. The summed E-state index contributed by atoms with van der Waals surface area (Å²) >= 11 is 4.06. The molecule has 0 rings (SSSR count). The van der Waals surface area contributed by atoms with Crippen molar-refractivity contribution in [2.24, 2.45) is 5.41 Å². The molecule has 0 aliphatic heterocycles. The molecule has 0 saturated heterocycles. The number of carbonyl (C=O) groups is 1. The molecule has 2 nitrogen and oxygen atoms in total. The van der Waals surface area contributed by atoms with E-state index in [0.29, 0.717) is 10.3 Å². The minimum Gasteiger partial charge on any atom is -0.313 e. The Labute approximate surface area is 111 Å². The van der Waals surface area contributed by atoms with E-state index in [0.717, 1.165) is 0 Å². The quantitative estimate of drug-likeness (QED) is 0.554. The second kappa shape index (κ2) is 6.85. The summed E-state index contributed by atoms with van der Waals surface area (Å²) in [5, 5.41) is 9.20. The van der Waals surface area contributed by atoms with E-state index in [1.165, 1.54) is 0 Å². The van der Waals surface area contributed by atoms with Crippen molar-refractivity contribution < 1.29 is 4.79 Å². The van der Waals surface area contributed by atoms with Crippen molar-refractivity contribution in [3.8, 4) is 6.07 Å². The number of rotatable bonds is 6. The van der Waals surface area contributed by atoms with E-state index in [1.807, 2.05) is 13.2 Å². The van der Waals surface area contributed by atoms with Crippen LogP contribution in [0.2, 0.25) is 5.82 Å². The lowest BCUT2D eigenvalue weighted by atomic mass is 9.64. The highest BCUT2D eigenvalue weighted by Gasteiger charge is 2.36. The molecule has 0 bridgehead atoms. The van der Waals surface area contributed by atoms with Crippen LogP contribution < -0.4 is 0 Å². The smallest absolute Gasteiger partial charge is 0.285 e. The maximum Gasteiger partial charge on any atom is 0.285 e. The molecule has 80 valence electrons. The molecule has 0 fully saturated rings. The van der Waals surface area contributed by atoms with Gasteiger partial charge in [-0.05, 0) is 31.8 Å². The van der Waals surface area contributed by atoms with Crippen LogP contribution in [0.25, 0.3) is 0 Å². The summed E-state index contributed by atoms with van der Waals surface area (Å²) in [6, 6.07) is 2.32. The molecule has 0 aromatic heterocycles. The van der Waals surface area contributed by atoms with Gasteiger partial charge in [0.25, 0.3) is 3.85 Å². The van der Waals surface area contributed by atoms with E-state index in [9.17, 15) is 10.1 Å². The van der Waals surface area contributed by atoms with Gasteiger partial charge < -0.3 is 4.79 Å². The lowest BCUT2D eigenvalue weighted by Crippen LogP contribution is -2.27. The van der Waals surface area contributed by atoms with E-state index >= 15 is 0 Å². The Bertz CT molecular complexity index is 271. The van der Waals surface area contributed by atoms with Crippen molar-refractivity contribution in [3.63, 3.8) is 0 Å². The molecule has 0 spiro atoms. The highest BCUT2D eigenvalue weighted by Crippen LogP contribution is 2.42. The lowest BCUT2D eigenvalue weighted by molar-refractivity contribution is -0.112. The summed E-state index contributed by atoms with van der Waals surface area (Å²) in [5.41, 5.74) is -0.804. The predicted octanol–water partition coefficient (Wildman–Crippen LogP) is 2.67. The summed E-state index contributed by atoms with van der Waals surface area (Å²) in [5.74, 6) is 0.234. The first-order chi connectivity index (χ1) is 6.87. The van der Waals surface area contributed by atoms with Gasteiger partial charge >= 0.3 is 0 Å². The second-order valence-corrected chi connectivity index (χ2v) is 7.04. The summed E-state index contributed by atoms with van der Waals surface area (Å²) in [6.07, 6.45) is 2.85. The van der Waals surface area contributed by atoms with Crippen LogP contribution in [0.15, 0.2) is 0 Å². The number of carbonyl (C=O) groups excluding carboxylic acids is 1. The van der Waals surface area contributed by atoms with Crippen LogP contribution in [0.1, 0.15) is 26.7 Å². The Morgan fingerprint density at radius 1 is 1.80 bits per heavy atom. The third-order valence-electron chi connectivity index (χ3n) is 2.77. The molecule has 0 aromatic carbocycles. The Kier molecular flexibility index (Phi) is 7.02. The Balaban J connectivity index is 4.55. The number of hydrogen-bond acceptors (Lipinski definition) is 3. The fourth-order valence-electron chi connectivity index (χ4n) is 1.26. The monoisotopic (exact) mass is 333 g/mol. The first-order valence-corrected chi connectivity index (χ1v) is 7.27. The fraction of sp³-hybridized carbons (Fsp3) is 0.778. The molecule has 6 heteroatoms. The molecule has 0 aromatic rings. The van der Waals surface area contributed by atoms with Gasteiger partial charge in [0, 0.05) is 0 Å². The maximum atomic E-state index is 10.7. The van der Waals surface area contributed by atoms with Gasteiger partial charge in [-0.3, -0.25) is 0 Å². The van der Waals surface area contributed by atoms with Crippen molar-refractivity contribution in [1.82, 2.24) is 0 Å². The van der Waals surface area contributed by atoms with E-state index < -0.39 is 5.41 Å². The van der Waals surface area contributed by atoms with Gasteiger partial charge in [0.1, 0.15) is 0 Å². The largest absolute Gasteiger partial charge is 0.313 e. The zero-order chi connectivity index (χ0) is 12.1. The van der Waals surface area contributed by atoms with Crippen molar-refractivity contribution in [2.75, 3.05) is 6.26 Å². The zero-order valence-corrected chi connectivity index (χ0v) is 12.3. The molecule has 2 atom stereocenters. The van der Waals surface area contributed by atoms with E-state index in [4.69, 9.17) is 7.85 Å². The second-order valence-electron chi connectivity index (χ2n) is 3.87. The van der Waals surface area contributed by atoms with Crippen molar-refractivity contribution in [3.05, 3.63) is 0 Å². The lowest BCUT2D eigenvalue weighted by Gasteiger charge is -2.30. The van der Waals surface area contributed by atoms with E-state index in [2.05, 4.69) is 35.4 Å². The van der Waals surface area contributed by atoms with Crippen LogP contribution in [0.5, 0.6) is 0 Å². The van der Waals surface area contributed by atoms with Gasteiger partial charge in [-0.2, -0.15) is 16.9 Å². The average Bonchev–Trinajstić information content (AvgIpc) is 2.23. The average molecular weight is 333 g/mol. The van der Waals surface area contributed by atoms with Crippen LogP contribution in [-0.4, -0.2) is 23.6 Å². The van der Waals surface area contributed by atoms with Crippen molar-refractivity contribution >= 4 is 51.4 Å². The topological polar surface area (TPSA) is 40.9 Å². The van der Waals surface area contributed by atoms with Gasteiger partial charge in [-0.1, -0.05) is 6.92 Å². The first kappa shape index (κ1) is 15.4. The van der Waals surface area contributed by atoms with Crippen LogP contribution in [0.4, 0.5) is 0 Å². The van der Waals surface area contributed by atoms with Crippen LogP contribution in [-0.2, 0) is 4.79 Å². The molecule has 2 radical (unpaired) electrons. The summed E-state index contributed by atoms with van der Waals surface area (Å²) in [4.78, 5) is 10.7. The molecule has 0 aliphatic carbocycles. The molecule has 0 aliphatic rings. The Morgan fingerprint density at radius 2 is 2.33 bits per heavy atom. The van der Waals surface area contributed by atoms with Crippen LogP contribution >= 0.6 is 34.0 Å². The van der Waals surface area contributed by atoms with Crippen molar-refractivity contribution in [2.45, 2.75) is 32.5 Å². The highest BCUT2D eigenvalue weighted by atomic mass is 127. The molecule has 0 N–H and O–H groups in total. The van der Waals surface area contributed by atoms with Crippen molar-refractivity contribution in [1.29, 1.82) is 5.26 Å². The summed E-state index contributed by atoms with van der Waals surface area (Å²) in [7, 11) is 5.11. The molecule has 2 unspecified atom stereocenters. The van der Waals surface area contributed by atoms with E-state index in [-0.39, 0.29) is 17.9 Å². The molecule has 0 heterocycles. The van der Waals surface area contributed by atoms with Crippen LogP contribution in [0.3, 0.4) is 0 Å². The number of nitriles is 1. The molecule has 0 amide bonds. The number of nitrogens with zero attached hydrogens (tertiary/aromatic N) is 1. The highest BCUT2D eigenvalue weighted by molar-refractivity contribution is 14.1. The van der Waals surface area contributed by atoms with E-state index in [1.54, 1.807) is 11.6 Å². The van der Waals surface area contributed by atoms with Gasteiger partial charge in [0.2, 0.25) is 0 Å². The third kappa shape index (κ3) is 4.81. The summed E-state index contributed by atoms with van der Waals surface area (Å²) < 4.78 is 0.375. The fourth-order valence-corrected chi connectivity index (χ4v) is 2.76. The number of hydrogen-bond donors (Lipinski definition) is 0. The van der Waals surface area contributed by atoms with Gasteiger partial charge in [0.15, 0.2) is 7.85 Å². The minimum absolute atomic E-state index is 0.234. The van der Waals surface area contributed by atoms with Crippen LogP contribution in [0, 0.1) is 16.7 Å². The first-order valence-electron chi connectivity index (χ1n) is 4.74. The number of halogens is 1. The third-order valence-corrected chi connectivity index (χ3v) is 6.23. The molecule has 15 heavy (non-hydrogen) atoms. The predicted molar refractivity (Wildman–Crippen MR) is 76.4 cm³/mol. The van der Waals surface area contributed by atoms with Gasteiger partial charge in [0.05, 0.1) is 17.2 Å². The zero-order valence-electron chi connectivity index (χ0n) is 9.29. The molecular formula is C9H14B2INOS. The standard InChI is InChI=1S/C9H14B2INOS/c1-7(11(12)15-3)9(2,6-13)5-4-8(10)14/h7H,4-5H2,1-3H3. The van der Waals surface area contributed by atoms with Gasteiger partial charge in [-0.25, -0.2) is 0 Å². The Morgan fingerprint density at radius 3 is 2.67 bits per heavy atom. The van der Waals surface area contributed by atoms with Gasteiger partial charge in [-0.15, -0.1) is 22.4 Å². The summed E-state index contributed by atoms with van der Waals surface area (Å²) in [6.45, 7) is 3.96. The SMILES string of the molecule is [B]C(=O)CCC(C)(C#N)C(C)B(I)SC. The Hall–Kier alpha value is 0.370.